The number of aromatic nitrogens is 3. The predicted octanol–water partition coefficient (Wildman–Crippen LogP) is 2.93. The van der Waals surface area contributed by atoms with E-state index < -0.39 is 0 Å². The maximum atomic E-state index is 4.52. The van der Waals surface area contributed by atoms with Crippen LogP contribution in [0.4, 0.5) is 11.1 Å². The Morgan fingerprint density at radius 2 is 2.06 bits per heavy atom. The van der Waals surface area contributed by atoms with Crippen LogP contribution in [-0.2, 0) is 12.8 Å². The topological polar surface area (TPSA) is 50.7 Å². The van der Waals surface area contributed by atoms with Crippen LogP contribution in [0.5, 0.6) is 0 Å². The average molecular weight is 297 g/mol. The zero-order valence-electron chi connectivity index (χ0n) is 8.40. The zero-order chi connectivity index (χ0) is 11.0. The summed E-state index contributed by atoms with van der Waals surface area (Å²) in [6.45, 7) is 0. The van der Waals surface area contributed by atoms with Gasteiger partial charge in [-0.3, -0.25) is 0 Å². The quantitative estimate of drug-likeness (QED) is 0.926. The molecular weight excluding hydrogens is 288 g/mol. The molecule has 2 heterocycles. The third kappa shape index (κ3) is 1.94. The summed E-state index contributed by atoms with van der Waals surface area (Å²) in [6.07, 6.45) is 6.95. The number of hydrogen-bond acceptors (Lipinski definition) is 5. The Bertz CT molecular complexity index is 487. The fourth-order valence-corrected chi connectivity index (χ4v) is 2.96. The lowest BCUT2D eigenvalue weighted by Gasteiger charge is -1.99. The van der Waals surface area contributed by atoms with Crippen molar-refractivity contribution in [3.8, 4) is 0 Å². The van der Waals surface area contributed by atoms with E-state index in [1.165, 1.54) is 17.0 Å². The van der Waals surface area contributed by atoms with Crippen LogP contribution in [-0.4, -0.2) is 15.0 Å². The Morgan fingerprint density at radius 3 is 2.81 bits per heavy atom. The fraction of sp³-hybridized carbons (Fsp3) is 0.300. The lowest BCUT2D eigenvalue weighted by molar-refractivity contribution is 0.900. The summed E-state index contributed by atoms with van der Waals surface area (Å²) < 4.78 is 0.875. The molecule has 0 spiro atoms. The van der Waals surface area contributed by atoms with Crippen molar-refractivity contribution in [2.24, 2.45) is 0 Å². The molecule has 0 atom stereocenters. The maximum absolute atomic E-state index is 4.52. The van der Waals surface area contributed by atoms with Gasteiger partial charge in [0.05, 0.1) is 10.2 Å². The van der Waals surface area contributed by atoms with Crippen molar-refractivity contribution >= 4 is 38.3 Å². The van der Waals surface area contributed by atoms with Crippen molar-refractivity contribution in [1.29, 1.82) is 0 Å². The van der Waals surface area contributed by atoms with E-state index in [1.807, 2.05) is 0 Å². The van der Waals surface area contributed by atoms with Gasteiger partial charge in [-0.05, 0) is 35.2 Å². The molecule has 82 valence electrons. The molecule has 6 heteroatoms. The second-order valence-corrected chi connectivity index (χ2v) is 5.59. The number of aryl methyl sites for hydroxylation is 2. The molecule has 0 saturated heterocycles. The van der Waals surface area contributed by atoms with Gasteiger partial charge < -0.3 is 5.32 Å². The normalized spacial score (nSPS) is 13.8. The standard InChI is InChI=1S/C10H9BrN4S/c11-6-4-12-9(13-5-6)15-10-14-7-2-1-3-8(7)16-10/h4-5H,1-3H2,(H,12,13,14,15). The van der Waals surface area contributed by atoms with E-state index in [4.69, 9.17) is 0 Å². The molecule has 3 rings (SSSR count). The van der Waals surface area contributed by atoms with Gasteiger partial charge in [-0.1, -0.05) is 0 Å². The highest BCUT2D eigenvalue weighted by atomic mass is 79.9. The molecular formula is C10H9BrN4S. The first kappa shape index (κ1) is 10.2. The Labute approximate surface area is 105 Å². The summed E-state index contributed by atoms with van der Waals surface area (Å²) in [5.41, 5.74) is 1.24. The number of nitrogens with one attached hydrogen (secondary N) is 1. The van der Waals surface area contributed by atoms with E-state index in [2.05, 4.69) is 36.2 Å². The molecule has 0 bridgehead atoms. The Balaban J connectivity index is 1.81. The summed E-state index contributed by atoms with van der Waals surface area (Å²) in [4.78, 5) is 14.2. The second-order valence-electron chi connectivity index (χ2n) is 3.59. The van der Waals surface area contributed by atoms with Crippen LogP contribution >= 0.6 is 27.3 Å². The Hall–Kier alpha value is -1.01. The second kappa shape index (κ2) is 4.10. The molecule has 0 saturated carbocycles. The molecule has 0 unspecified atom stereocenters. The number of thiazole rings is 1. The third-order valence-corrected chi connectivity index (χ3v) is 3.92. The molecule has 2 aromatic rings. The zero-order valence-corrected chi connectivity index (χ0v) is 10.8. The van der Waals surface area contributed by atoms with Crippen LogP contribution in [0.1, 0.15) is 17.0 Å². The molecule has 0 amide bonds. The Morgan fingerprint density at radius 1 is 1.25 bits per heavy atom. The molecule has 16 heavy (non-hydrogen) atoms. The summed E-state index contributed by atoms with van der Waals surface area (Å²) in [6, 6.07) is 0. The number of rotatable bonds is 2. The van der Waals surface area contributed by atoms with E-state index in [1.54, 1.807) is 23.7 Å². The van der Waals surface area contributed by atoms with Crippen LogP contribution in [0.25, 0.3) is 0 Å². The SMILES string of the molecule is Brc1cnc(Nc2nc3c(s2)CCC3)nc1. The lowest BCUT2D eigenvalue weighted by Crippen LogP contribution is -1.95. The van der Waals surface area contributed by atoms with Gasteiger partial charge in [-0.2, -0.15) is 0 Å². The number of hydrogen-bond donors (Lipinski definition) is 1. The molecule has 1 aliphatic rings. The molecule has 2 aromatic heterocycles. The molecule has 0 aliphatic heterocycles. The van der Waals surface area contributed by atoms with Crippen molar-refractivity contribution in [3.63, 3.8) is 0 Å². The minimum atomic E-state index is 0.593. The Kier molecular flexibility index (Phi) is 2.61. The van der Waals surface area contributed by atoms with Gasteiger partial charge >= 0.3 is 0 Å². The van der Waals surface area contributed by atoms with E-state index in [-0.39, 0.29) is 0 Å². The van der Waals surface area contributed by atoms with Crippen molar-refractivity contribution in [2.75, 3.05) is 5.32 Å². The smallest absolute Gasteiger partial charge is 0.228 e. The van der Waals surface area contributed by atoms with Crippen molar-refractivity contribution in [1.82, 2.24) is 15.0 Å². The van der Waals surface area contributed by atoms with Gasteiger partial charge in [0.25, 0.3) is 0 Å². The van der Waals surface area contributed by atoms with Gasteiger partial charge in [0, 0.05) is 17.3 Å². The highest BCUT2D eigenvalue weighted by Gasteiger charge is 2.16. The van der Waals surface area contributed by atoms with Crippen molar-refractivity contribution < 1.29 is 0 Å². The van der Waals surface area contributed by atoms with E-state index >= 15 is 0 Å². The van der Waals surface area contributed by atoms with Crippen LogP contribution in [0.3, 0.4) is 0 Å². The minimum Gasteiger partial charge on any atom is -0.300 e. The molecule has 0 radical (unpaired) electrons. The van der Waals surface area contributed by atoms with E-state index in [9.17, 15) is 0 Å². The minimum absolute atomic E-state index is 0.593. The van der Waals surface area contributed by atoms with Crippen LogP contribution in [0.15, 0.2) is 16.9 Å². The first-order valence-electron chi connectivity index (χ1n) is 5.04. The molecule has 0 aromatic carbocycles. The molecule has 1 aliphatic carbocycles. The lowest BCUT2D eigenvalue weighted by atomic mass is 10.4. The van der Waals surface area contributed by atoms with Crippen LogP contribution in [0, 0.1) is 0 Å². The number of halogens is 1. The van der Waals surface area contributed by atoms with Crippen LogP contribution in [0.2, 0.25) is 0 Å². The van der Waals surface area contributed by atoms with Gasteiger partial charge in [0.1, 0.15) is 0 Å². The largest absolute Gasteiger partial charge is 0.300 e. The van der Waals surface area contributed by atoms with Crippen LogP contribution < -0.4 is 5.32 Å². The summed E-state index contributed by atoms with van der Waals surface area (Å²) in [5.74, 6) is 0.593. The summed E-state index contributed by atoms with van der Waals surface area (Å²) in [5, 5.41) is 4.02. The molecule has 1 N–H and O–H groups in total. The molecule has 4 nitrogen and oxygen atoms in total. The first-order chi connectivity index (χ1) is 7.81. The van der Waals surface area contributed by atoms with E-state index in [0.717, 1.165) is 22.4 Å². The highest BCUT2D eigenvalue weighted by Crippen LogP contribution is 2.31. The third-order valence-electron chi connectivity index (χ3n) is 2.43. The van der Waals surface area contributed by atoms with Gasteiger partial charge in [-0.25, -0.2) is 15.0 Å². The number of fused-ring (bicyclic) bond motifs is 1. The highest BCUT2D eigenvalue weighted by molar-refractivity contribution is 9.10. The van der Waals surface area contributed by atoms with Gasteiger partial charge in [-0.15, -0.1) is 11.3 Å². The van der Waals surface area contributed by atoms with Crippen molar-refractivity contribution in [3.05, 3.63) is 27.4 Å². The number of nitrogens with zero attached hydrogens (tertiary/aromatic N) is 3. The fourth-order valence-electron chi connectivity index (χ4n) is 1.72. The average Bonchev–Trinajstić information content (AvgIpc) is 2.81. The van der Waals surface area contributed by atoms with Gasteiger partial charge in [0.15, 0.2) is 5.13 Å². The summed E-state index contributed by atoms with van der Waals surface area (Å²) in [7, 11) is 0. The van der Waals surface area contributed by atoms with Crippen molar-refractivity contribution in [2.45, 2.75) is 19.3 Å². The maximum Gasteiger partial charge on any atom is 0.228 e. The predicted molar refractivity (Wildman–Crippen MR) is 67.2 cm³/mol. The van der Waals surface area contributed by atoms with Gasteiger partial charge in [0.2, 0.25) is 5.95 Å². The monoisotopic (exact) mass is 296 g/mol. The number of anilines is 2. The van der Waals surface area contributed by atoms with E-state index in [0.29, 0.717) is 5.95 Å². The molecule has 0 fully saturated rings. The summed E-state index contributed by atoms with van der Waals surface area (Å²) >= 11 is 5.01. The first-order valence-corrected chi connectivity index (χ1v) is 6.65.